The van der Waals surface area contributed by atoms with Crippen molar-refractivity contribution in [1.82, 2.24) is 10.2 Å². The molecule has 2 aliphatic rings. The first kappa shape index (κ1) is 14.0. The molecule has 0 amide bonds. The molecule has 0 radical (unpaired) electrons. The van der Waals surface area contributed by atoms with Crippen molar-refractivity contribution in [3.8, 4) is 5.75 Å². The van der Waals surface area contributed by atoms with Crippen molar-refractivity contribution >= 4 is 10.8 Å². The van der Waals surface area contributed by atoms with Crippen LogP contribution in [0.25, 0.3) is 10.8 Å². The van der Waals surface area contributed by atoms with Gasteiger partial charge in [0, 0.05) is 37.3 Å². The molecule has 1 aliphatic carbocycles. The van der Waals surface area contributed by atoms with Crippen LogP contribution >= 0.6 is 0 Å². The molecule has 116 valence electrons. The maximum absolute atomic E-state index is 5.59. The molecule has 22 heavy (non-hydrogen) atoms. The highest BCUT2D eigenvalue weighted by atomic mass is 16.5. The zero-order valence-corrected chi connectivity index (χ0v) is 13.2. The summed E-state index contributed by atoms with van der Waals surface area (Å²) in [5, 5.41) is 6.34. The van der Waals surface area contributed by atoms with Crippen LogP contribution in [0, 0.1) is 0 Å². The van der Waals surface area contributed by atoms with Crippen LogP contribution in [0.4, 0.5) is 0 Å². The largest absolute Gasteiger partial charge is 0.496 e. The zero-order chi connectivity index (χ0) is 14.9. The van der Waals surface area contributed by atoms with E-state index in [2.05, 4.69) is 46.6 Å². The molecular formula is C19H24N2O. The van der Waals surface area contributed by atoms with Crippen molar-refractivity contribution < 1.29 is 4.74 Å². The Balaban J connectivity index is 1.50. The number of hydrogen-bond acceptors (Lipinski definition) is 3. The Kier molecular flexibility index (Phi) is 3.77. The molecule has 1 saturated carbocycles. The van der Waals surface area contributed by atoms with Crippen LogP contribution in [0.3, 0.4) is 0 Å². The van der Waals surface area contributed by atoms with Gasteiger partial charge < -0.3 is 10.1 Å². The van der Waals surface area contributed by atoms with E-state index in [-0.39, 0.29) is 0 Å². The first-order valence-corrected chi connectivity index (χ1v) is 8.37. The van der Waals surface area contributed by atoms with E-state index in [4.69, 9.17) is 4.74 Å². The van der Waals surface area contributed by atoms with Gasteiger partial charge in [-0.25, -0.2) is 0 Å². The number of likely N-dealkylation sites (tertiary alicyclic amines) is 1. The third kappa shape index (κ3) is 2.71. The molecule has 4 rings (SSSR count). The molecule has 1 atom stereocenters. The second-order valence-electron chi connectivity index (χ2n) is 6.56. The first-order chi connectivity index (χ1) is 10.8. The molecule has 1 aliphatic heterocycles. The summed E-state index contributed by atoms with van der Waals surface area (Å²) in [6.45, 7) is 3.35. The minimum atomic E-state index is 0.615. The van der Waals surface area contributed by atoms with Crippen molar-refractivity contribution in [3.05, 3.63) is 42.0 Å². The lowest BCUT2D eigenvalue weighted by atomic mass is 10.0. The molecule has 3 heteroatoms. The zero-order valence-electron chi connectivity index (χ0n) is 13.2. The van der Waals surface area contributed by atoms with Gasteiger partial charge in [0.25, 0.3) is 0 Å². The van der Waals surface area contributed by atoms with Gasteiger partial charge in [-0.2, -0.15) is 0 Å². The molecule has 0 bridgehead atoms. The summed E-state index contributed by atoms with van der Waals surface area (Å²) in [6, 6.07) is 14.3. The normalized spacial score (nSPS) is 22.3. The smallest absolute Gasteiger partial charge is 0.123 e. The highest BCUT2D eigenvalue weighted by molar-refractivity contribution is 5.87. The quantitative estimate of drug-likeness (QED) is 0.917. The minimum Gasteiger partial charge on any atom is -0.496 e. The summed E-state index contributed by atoms with van der Waals surface area (Å²) >= 11 is 0. The van der Waals surface area contributed by atoms with Gasteiger partial charge >= 0.3 is 0 Å². The van der Waals surface area contributed by atoms with Gasteiger partial charge in [0.05, 0.1) is 7.11 Å². The highest BCUT2D eigenvalue weighted by Crippen LogP contribution is 2.31. The molecule has 2 aromatic rings. The van der Waals surface area contributed by atoms with Crippen LogP contribution in [0.5, 0.6) is 5.75 Å². The van der Waals surface area contributed by atoms with E-state index in [0.29, 0.717) is 6.04 Å². The summed E-state index contributed by atoms with van der Waals surface area (Å²) in [5.74, 6) is 0.989. The Labute approximate surface area is 132 Å². The van der Waals surface area contributed by atoms with Crippen molar-refractivity contribution in [1.29, 1.82) is 0 Å². The van der Waals surface area contributed by atoms with E-state index < -0.39 is 0 Å². The lowest BCUT2D eigenvalue weighted by molar-refractivity contribution is 0.317. The minimum absolute atomic E-state index is 0.615. The monoisotopic (exact) mass is 296 g/mol. The SMILES string of the molecule is COc1ccc2ccccc2c1CNC1CCN(C2CC2)C1. The van der Waals surface area contributed by atoms with E-state index in [1.807, 2.05) is 0 Å². The van der Waals surface area contributed by atoms with Crippen molar-refractivity contribution in [2.24, 2.45) is 0 Å². The Morgan fingerprint density at radius 1 is 1.14 bits per heavy atom. The first-order valence-electron chi connectivity index (χ1n) is 8.37. The fourth-order valence-electron chi connectivity index (χ4n) is 3.66. The van der Waals surface area contributed by atoms with E-state index in [0.717, 1.165) is 18.3 Å². The average molecular weight is 296 g/mol. The predicted molar refractivity (Wildman–Crippen MR) is 90.3 cm³/mol. The van der Waals surface area contributed by atoms with Crippen LogP contribution in [0.1, 0.15) is 24.8 Å². The summed E-state index contributed by atoms with van der Waals surface area (Å²) in [4.78, 5) is 2.65. The molecule has 3 nitrogen and oxygen atoms in total. The third-order valence-corrected chi connectivity index (χ3v) is 5.07. The number of rotatable bonds is 5. The average Bonchev–Trinajstić information content (AvgIpc) is 3.31. The maximum atomic E-state index is 5.59. The van der Waals surface area contributed by atoms with E-state index in [9.17, 15) is 0 Å². The molecule has 0 aromatic heterocycles. The third-order valence-electron chi connectivity index (χ3n) is 5.07. The van der Waals surface area contributed by atoms with E-state index in [1.54, 1.807) is 7.11 Å². The maximum Gasteiger partial charge on any atom is 0.123 e. The highest BCUT2D eigenvalue weighted by Gasteiger charge is 2.34. The predicted octanol–water partition coefficient (Wildman–Crippen LogP) is 3.17. The topological polar surface area (TPSA) is 24.5 Å². The van der Waals surface area contributed by atoms with Crippen molar-refractivity contribution in [3.63, 3.8) is 0 Å². The fourth-order valence-corrected chi connectivity index (χ4v) is 3.66. The number of fused-ring (bicyclic) bond motifs is 1. The summed E-state index contributed by atoms with van der Waals surface area (Å²) < 4.78 is 5.59. The Morgan fingerprint density at radius 3 is 2.82 bits per heavy atom. The molecule has 1 unspecified atom stereocenters. The van der Waals surface area contributed by atoms with Gasteiger partial charge in [0.1, 0.15) is 5.75 Å². The standard InChI is InChI=1S/C19H24N2O/c1-22-19-9-6-14-4-2-3-5-17(14)18(19)12-20-15-10-11-21(13-15)16-7-8-16/h2-6,9,15-16,20H,7-8,10-13H2,1H3. The number of nitrogens with zero attached hydrogens (tertiary/aromatic N) is 1. The summed E-state index contributed by atoms with van der Waals surface area (Å²) in [7, 11) is 1.76. The van der Waals surface area contributed by atoms with Crippen LogP contribution in [-0.2, 0) is 6.54 Å². The number of benzene rings is 2. The molecule has 1 heterocycles. The second kappa shape index (κ2) is 5.90. The van der Waals surface area contributed by atoms with Crippen molar-refractivity contribution in [2.75, 3.05) is 20.2 Å². The molecule has 1 N–H and O–H groups in total. The number of ether oxygens (including phenoxy) is 1. The van der Waals surface area contributed by atoms with E-state index >= 15 is 0 Å². The lowest BCUT2D eigenvalue weighted by Gasteiger charge is -2.18. The fraction of sp³-hybridized carbons (Fsp3) is 0.474. The molecule has 0 spiro atoms. The number of nitrogens with one attached hydrogen (secondary N) is 1. The second-order valence-corrected chi connectivity index (χ2v) is 6.56. The van der Waals surface area contributed by atoms with Crippen LogP contribution in [0.2, 0.25) is 0 Å². The summed E-state index contributed by atoms with van der Waals surface area (Å²) in [6.07, 6.45) is 4.08. The summed E-state index contributed by atoms with van der Waals surface area (Å²) in [5.41, 5.74) is 1.28. The van der Waals surface area contributed by atoms with Gasteiger partial charge in [-0.1, -0.05) is 30.3 Å². The van der Waals surface area contributed by atoms with Crippen LogP contribution < -0.4 is 10.1 Å². The number of methoxy groups -OCH3 is 1. The van der Waals surface area contributed by atoms with Gasteiger partial charge in [-0.3, -0.25) is 4.90 Å². The van der Waals surface area contributed by atoms with Gasteiger partial charge in [-0.15, -0.1) is 0 Å². The number of hydrogen-bond donors (Lipinski definition) is 1. The van der Waals surface area contributed by atoms with Gasteiger partial charge in [0.15, 0.2) is 0 Å². The molecule has 2 aromatic carbocycles. The Hall–Kier alpha value is -1.58. The Morgan fingerprint density at radius 2 is 2.00 bits per heavy atom. The van der Waals surface area contributed by atoms with Gasteiger partial charge in [-0.05, 0) is 36.1 Å². The molecule has 1 saturated heterocycles. The lowest BCUT2D eigenvalue weighted by Crippen LogP contribution is -2.33. The van der Waals surface area contributed by atoms with E-state index in [1.165, 1.54) is 48.7 Å². The molecule has 2 fully saturated rings. The van der Waals surface area contributed by atoms with Crippen LogP contribution in [0.15, 0.2) is 36.4 Å². The van der Waals surface area contributed by atoms with Gasteiger partial charge in [0.2, 0.25) is 0 Å². The van der Waals surface area contributed by atoms with Crippen molar-refractivity contribution in [2.45, 2.75) is 37.9 Å². The Bertz CT molecular complexity index is 666. The van der Waals surface area contributed by atoms with Crippen LogP contribution in [-0.4, -0.2) is 37.2 Å². The molecular weight excluding hydrogens is 272 g/mol.